The highest BCUT2D eigenvalue weighted by Crippen LogP contribution is 2.28. The lowest BCUT2D eigenvalue weighted by atomic mass is 9.93. The second-order valence-electron chi connectivity index (χ2n) is 4.94. The summed E-state index contributed by atoms with van der Waals surface area (Å²) in [4.78, 5) is 12.0. The minimum atomic E-state index is -0.286. The second-order valence-corrected chi connectivity index (χ2v) is 4.94. The second kappa shape index (κ2) is 6.38. The lowest BCUT2D eigenvalue weighted by Gasteiger charge is -2.12. The Morgan fingerprint density at radius 1 is 1.10 bits per heavy atom. The Hall–Kier alpha value is -2.09. The van der Waals surface area contributed by atoms with Gasteiger partial charge in [-0.3, -0.25) is 0 Å². The predicted molar refractivity (Wildman–Crippen MR) is 81.9 cm³/mol. The van der Waals surface area contributed by atoms with Crippen molar-refractivity contribution >= 4 is 5.97 Å². The van der Waals surface area contributed by atoms with Crippen molar-refractivity contribution in [2.75, 3.05) is 7.11 Å². The number of rotatable bonds is 4. The molecule has 0 aliphatic carbocycles. The molecule has 0 fully saturated rings. The van der Waals surface area contributed by atoms with Gasteiger partial charge >= 0.3 is 5.97 Å². The van der Waals surface area contributed by atoms with Crippen LogP contribution in [0, 0.1) is 6.92 Å². The molecule has 0 N–H and O–H groups in total. The van der Waals surface area contributed by atoms with E-state index >= 15 is 0 Å². The first-order valence-corrected chi connectivity index (χ1v) is 6.94. The maximum absolute atomic E-state index is 12.0. The third kappa shape index (κ3) is 2.90. The van der Waals surface area contributed by atoms with Crippen molar-refractivity contribution in [2.45, 2.75) is 26.7 Å². The zero-order valence-electron chi connectivity index (χ0n) is 12.3. The van der Waals surface area contributed by atoms with Gasteiger partial charge in [0.25, 0.3) is 0 Å². The van der Waals surface area contributed by atoms with Crippen LogP contribution in [0.3, 0.4) is 0 Å². The fourth-order valence-corrected chi connectivity index (χ4v) is 2.42. The fraction of sp³-hybridized carbons (Fsp3) is 0.278. The quantitative estimate of drug-likeness (QED) is 0.768. The van der Waals surface area contributed by atoms with Crippen LogP contribution in [0.5, 0.6) is 0 Å². The Morgan fingerprint density at radius 2 is 1.85 bits per heavy atom. The van der Waals surface area contributed by atoms with Crippen molar-refractivity contribution in [3.05, 3.63) is 59.2 Å². The summed E-state index contributed by atoms with van der Waals surface area (Å²) in [5.74, 6) is -0.286. The van der Waals surface area contributed by atoms with Gasteiger partial charge in [0.15, 0.2) is 0 Å². The summed E-state index contributed by atoms with van der Waals surface area (Å²) in [6.45, 7) is 4.21. The van der Waals surface area contributed by atoms with Crippen molar-refractivity contribution in [1.82, 2.24) is 0 Å². The zero-order chi connectivity index (χ0) is 14.5. The molecule has 0 aromatic heterocycles. The average molecular weight is 268 g/mol. The van der Waals surface area contributed by atoms with Crippen molar-refractivity contribution in [3.8, 4) is 11.1 Å². The van der Waals surface area contributed by atoms with E-state index in [4.69, 9.17) is 4.74 Å². The molecule has 2 aromatic carbocycles. The van der Waals surface area contributed by atoms with E-state index in [-0.39, 0.29) is 5.97 Å². The van der Waals surface area contributed by atoms with Crippen LogP contribution in [0.25, 0.3) is 11.1 Å². The molecule has 0 spiro atoms. The van der Waals surface area contributed by atoms with Crippen LogP contribution < -0.4 is 0 Å². The highest BCUT2D eigenvalue weighted by molar-refractivity contribution is 5.97. The summed E-state index contributed by atoms with van der Waals surface area (Å²) in [5, 5.41) is 0. The van der Waals surface area contributed by atoms with Crippen LogP contribution in [0.2, 0.25) is 0 Å². The van der Waals surface area contributed by atoms with Gasteiger partial charge < -0.3 is 4.74 Å². The highest BCUT2D eigenvalue weighted by Gasteiger charge is 2.15. The molecule has 2 heteroatoms. The van der Waals surface area contributed by atoms with Crippen LogP contribution >= 0.6 is 0 Å². The summed E-state index contributed by atoms with van der Waals surface area (Å²) in [6.07, 6.45) is 2.10. The molecule has 0 heterocycles. The van der Waals surface area contributed by atoms with Crippen LogP contribution in [0.1, 0.15) is 34.8 Å². The minimum Gasteiger partial charge on any atom is -0.465 e. The van der Waals surface area contributed by atoms with Crippen LogP contribution in [0.15, 0.2) is 42.5 Å². The van der Waals surface area contributed by atoms with E-state index in [9.17, 15) is 4.79 Å². The Kier molecular flexibility index (Phi) is 4.57. The number of hydrogen-bond donors (Lipinski definition) is 0. The number of hydrogen-bond acceptors (Lipinski definition) is 2. The Bertz CT molecular complexity index is 615. The fourth-order valence-electron chi connectivity index (χ4n) is 2.42. The normalized spacial score (nSPS) is 10.3. The van der Waals surface area contributed by atoms with E-state index in [1.165, 1.54) is 12.7 Å². The Balaban J connectivity index is 2.60. The van der Waals surface area contributed by atoms with E-state index < -0.39 is 0 Å². The van der Waals surface area contributed by atoms with E-state index in [0.717, 1.165) is 29.5 Å². The van der Waals surface area contributed by atoms with Gasteiger partial charge in [0.05, 0.1) is 12.7 Å². The lowest BCUT2D eigenvalue weighted by molar-refractivity contribution is 0.0601. The number of carbonyl (C=O) groups is 1. The van der Waals surface area contributed by atoms with Gasteiger partial charge in [-0.2, -0.15) is 0 Å². The standard InChI is InChI=1S/C18H20O2/c1-4-7-14-10-11-16(18(19)20-3)17(12-14)15-9-6-5-8-13(15)2/h5-6,8-12H,4,7H2,1-3H3. The molecular weight excluding hydrogens is 248 g/mol. The van der Waals surface area contributed by atoms with Gasteiger partial charge in [0.1, 0.15) is 0 Å². The molecule has 0 amide bonds. The van der Waals surface area contributed by atoms with Crippen LogP contribution in [-0.2, 0) is 11.2 Å². The van der Waals surface area contributed by atoms with Gasteiger partial charge in [0.2, 0.25) is 0 Å². The Labute approximate surface area is 120 Å². The molecule has 0 saturated heterocycles. The number of benzene rings is 2. The summed E-state index contributed by atoms with van der Waals surface area (Å²) in [7, 11) is 1.42. The first-order chi connectivity index (χ1) is 9.67. The minimum absolute atomic E-state index is 0.286. The Morgan fingerprint density at radius 3 is 2.50 bits per heavy atom. The molecule has 20 heavy (non-hydrogen) atoms. The maximum Gasteiger partial charge on any atom is 0.338 e. The number of carbonyl (C=O) groups excluding carboxylic acids is 1. The molecule has 0 bridgehead atoms. The number of methoxy groups -OCH3 is 1. The van der Waals surface area contributed by atoms with Crippen molar-refractivity contribution in [1.29, 1.82) is 0 Å². The van der Waals surface area contributed by atoms with Crippen molar-refractivity contribution in [2.24, 2.45) is 0 Å². The topological polar surface area (TPSA) is 26.3 Å². The molecular formula is C18H20O2. The third-order valence-electron chi connectivity index (χ3n) is 3.46. The molecule has 0 saturated carbocycles. The first kappa shape index (κ1) is 14.3. The highest BCUT2D eigenvalue weighted by atomic mass is 16.5. The summed E-state index contributed by atoms with van der Waals surface area (Å²) in [6, 6.07) is 14.1. The van der Waals surface area contributed by atoms with Gasteiger partial charge in [-0.15, -0.1) is 0 Å². The van der Waals surface area contributed by atoms with E-state index in [1.54, 1.807) is 0 Å². The van der Waals surface area contributed by atoms with Gasteiger partial charge in [-0.1, -0.05) is 49.7 Å². The monoisotopic (exact) mass is 268 g/mol. The molecule has 0 radical (unpaired) electrons. The van der Waals surface area contributed by atoms with Crippen molar-refractivity contribution in [3.63, 3.8) is 0 Å². The number of aryl methyl sites for hydroxylation is 2. The van der Waals surface area contributed by atoms with E-state index in [1.807, 2.05) is 30.3 Å². The van der Waals surface area contributed by atoms with Crippen molar-refractivity contribution < 1.29 is 9.53 Å². The summed E-state index contributed by atoms with van der Waals surface area (Å²) >= 11 is 0. The molecule has 0 aliphatic heterocycles. The SMILES string of the molecule is CCCc1ccc(C(=O)OC)c(-c2ccccc2C)c1. The maximum atomic E-state index is 12.0. The number of esters is 1. The largest absolute Gasteiger partial charge is 0.465 e. The van der Waals surface area contributed by atoms with Crippen LogP contribution in [-0.4, -0.2) is 13.1 Å². The molecule has 2 nitrogen and oxygen atoms in total. The molecule has 0 unspecified atom stereocenters. The average Bonchev–Trinajstić information content (AvgIpc) is 2.47. The molecule has 0 atom stereocenters. The summed E-state index contributed by atoms with van der Waals surface area (Å²) in [5.41, 5.74) is 5.08. The molecule has 2 rings (SSSR count). The molecule has 2 aromatic rings. The van der Waals surface area contributed by atoms with Crippen LogP contribution in [0.4, 0.5) is 0 Å². The first-order valence-electron chi connectivity index (χ1n) is 6.94. The third-order valence-corrected chi connectivity index (χ3v) is 3.46. The number of ether oxygens (including phenoxy) is 1. The molecule has 104 valence electrons. The lowest BCUT2D eigenvalue weighted by Crippen LogP contribution is -2.04. The zero-order valence-corrected chi connectivity index (χ0v) is 12.3. The van der Waals surface area contributed by atoms with Gasteiger partial charge in [-0.05, 0) is 41.7 Å². The molecule has 0 aliphatic rings. The smallest absolute Gasteiger partial charge is 0.338 e. The van der Waals surface area contributed by atoms with E-state index in [0.29, 0.717) is 5.56 Å². The predicted octanol–water partition coefficient (Wildman–Crippen LogP) is 4.40. The van der Waals surface area contributed by atoms with Gasteiger partial charge in [-0.25, -0.2) is 4.79 Å². The van der Waals surface area contributed by atoms with Gasteiger partial charge in [0, 0.05) is 0 Å². The van der Waals surface area contributed by atoms with E-state index in [2.05, 4.69) is 26.0 Å². The summed E-state index contributed by atoms with van der Waals surface area (Å²) < 4.78 is 4.90.